The fraction of sp³-hybridized carbons (Fsp3) is 0.550. The fourth-order valence-corrected chi connectivity index (χ4v) is 3.72. The summed E-state index contributed by atoms with van der Waals surface area (Å²) in [5.74, 6) is 1.83. The maximum Gasteiger partial charge on any atom is 0.216 e. The highest BCUT2D eigenvalue weighted by molar-refractivity contribution is 5.82. The van der Waals surface area contributed by atoms with Crippen LogP contribution in [0.15, 0.2) is 22.6 Å². The second-order valence-electron chi connectivity index (χ2n) is 7.16. The van der Waals surface area contributed by atoms with Crippen molar-refractivity contribution in [2.75, 3.05) is 19.6 Å². The van der Waals surface area contributed by atoms with Gasteiger partial charge in [0.25, 0.3) is 0 Å². The quantitative estimate of drug-likeness (QED) is 0.908. The third-order valence-electron chi connectivity index (χ3n) is 5.09. The van der Waals surface area contributed by atoms with Crippen molar-refractivity contribution in [2.45, 2.75) is 46.6 Å². The van der Waals surface area contributed by atoms with E-state index in [9.17, 15) is 4.79 Å². The topological polar surface area (TPSA) is 45.5 Å². The fourth-order valence-electron chi connectivity index (χ4n) is 3.72. The normalized spacial score (nSPS) is 18.9. The van der Waals surface area contributed by atoms with Crippen LogP contribution in [0.3, 0.4) is 0 Å². The predicted molar refractivity (Wildman–Crippen MR) is 97.0 cm³/mol. The molecule has 1 amide bonds. The Bertz CT molecular complexity index is 720. The third-order valence-corrected chi connectivity index (χ3v) is 5.09. The Morgan fingerprint density at radius 2 is 2.21 bits per heavy atom. The Hall–Kier alpha value is -1.81. The van der Waals surface area contributed by atoms with Gasteiger partial charge in [0.15, 0.2) is 0 Å². The summed E-state index contributed by atoms with van der Waals surface area (Å²) in [6.45, 7) is 9.77. The van der Waals surface area contributed by atoms with Gasteiger partial charge in [-0.25, -0.2) is 0 Å². The molecule has 4 heteroatoms. The highest BCUT2D eigenvalue weighted by Gasteiger charge is 2.22. The minimum atomic E-state index is 0.0656. The number of likely N-dealkylation sites (tertiary alicyclic amines) is 1. The molecular weight excluding hydrogens is 300 g/mol. The lowest BCUT2D eigenvalue weighted by atomic mass is 9.94. The summed E-state index contributed by atoms with van der Waals surface area (Å²) in [5.41, 5.74) is 3.54. The number of hydrogen-bond donors (Lipinski definition) is 1. The number of hydrogen-bond acceptors (Lipinski definition) is 3. The Morgan fingerprint density at radius 1 is 1.38 bits per heavy atom. The van der Waals surface area contributed by atoms with E-state index < -0.39 is 0 Å². The van der Waals surface area contributed by atoms with Crippen LogP contribution in [0.1, 0.15) is 43.1 Å². The molecule has 1 aliphatic heterocycles. The van der Waals surface area contributed by atoms with E-state index in [1.807, 2.05) is 0 Å². The molecule has 0 radical (unpaired) electrons. The maximum absolute atomic E-state index is 11.0. The summed E-state index contributed by atoms with van der Waals surface area (Å²) in [6, 6.07) is 6.39. The lowest BCUT2D eigenvalue weighted by Crippen LogP contribution is -2.36. The lowest BCUT2D eigenvalue weighted by molar-refractivity contribution is -0.119. The number of aryl methyl sites for hydroxylation is 2. The van der Waals surface area contributed by atoms with Gasteiger partial charge in [0.2, 0.25) is 5.91 Å². The molecule has 1 aromatic heterocycles. The SMILES string of the molecule is CC(=O)NCC[C@H]1CCCN(Cc2oc3ccc(C)cc3c2C)C1. The molecule has 0 unspecified atom stereocenters. The van der Waals surface area contributed by atoms with Crippen LogP contribution in [-0.4, -0.2) is 30.4 Å². The summed E-state index contributed by atoms with van der Waals surface area (Å²) in [5, 5.41) is 4.15. The van der Waals surface area contributed by atoms with E-state index in [1.54, 1.807) is 6.92 Å². The zero-order chi connectivity index (χ0) is 17.1. The van der Waals surface area contributed by atoms with E-state index in [2.05, 4.69) is 42.3 Å². The van der Waals surface area contributed by atoms with Crippen LogP contribution in [0, 0.1) is 19.8 Å². The Balaban J connectivity index is 1.63. The molecule has 24 heavy (non-hydrogen) atoms. The standard InChI is InChI=1S/C20H28N2O2/c1-14-6-7-19-18(11-14)15(2)20(24-19)13-22-10-4-5-17(12-22)8-9-21-16(3)23/h6-7,11,17H,4-5,8-10,12-13H2,1-3H3,(H,21,23)/t17-/m1/s1. The molecule has 1 fully saturated rings. The average Bonchev–Trinajstić information content (AvgIpc) is 2.84. The molecule has 0 spiro atoms. The predicted octanol–water partition coefficient (Wildman–Crippen LogP) is 3.79. The van der Waals surface area contributed by atoms with Crippen molar-refractivity contribution in [2.24, 2.45) is 5.92 Å². The summed E-state index contributed by atoms with van der Waals surface area (Å²) in [6.07, 6.45) is 3.55. The first kappa shape index (κ1) is 17.0. The van der Waals surface area contributed by atoms with Crippen LogP contribution < -0.4 is 5.32 Å². The molecule has 1 aromatic carbocycles. The monoisotopic (exact) mass is 328 g/mol. The number of carbonyl (C=O) groups excluding carboxylic acids is 1. The number of piperidine rings is 1. The van der Waals surface area contributed by atoms with Crippen LogP contribution >= 0.6 is 0 Å². The van der Waals surface area contributed by atoms with E-state index in [0.29, 0.717) is 5.92 Å². The van der Waals surface area contributed by atoms with Gasteiger partial charge >= 0.3 is 0 Å². The lowest BCUT2D eigenvalue weighted by Gasteiger charge is -2.32. The average molecular weight is 328 g/mol. The van der Waals surface area contributed by atoms with E-state index in [4.69, 9.17) is 4.42 Å². The summed E-state index contributed by atoms with van der Waals surface area (Å²) >= 11 is 0. The molecule has 0 aliphatic carbocycles. The minimum Gasteiger partial charge on any atom is -0.459 e. The number of benzene rings is 1. The van der Waals surface area contributed by atoms with Crippen molar-refractivity contribution >= 4 is 16.9 Å². The second-order valence-corrected chi connectivity index (χ2v) is 7.16. The van der Waals surface area contributed by atoms with Crippen molar-refractivity contribution in [1.29, 1.82) is 0 Å². The van der Waals surface area contributed by atoms with Crippen LogP contribution in [0.2, 0.25) is 0 Å². The molecule has 1 N–H and O–H groups in total. The Kier molecular flexibility index (Phi) is 5.24. The number of nitrogens with one attached hydrogen (secondary N) is 1. The molecule has 0 saturated carbocycles. The van der Waals surface area contributed by atoms with Crippen molar-refractivity contribution in [3.05, 3.63) is 35.1 Å². The summed E-state index contributed by atoms with van der Waals surface area (Å²) < 4.78 is 6.11. The van der Waals surface area contributed by atoms with Crippen LogP contribution in [0.4, 0.5) is 0 Å². The third kappa shape index (κ3) is 3.99. The number of fused-ring (bicyclic) bond motifs is 1. The highest BCUT2D eigenvalue weighted by Crippen LogP contribution is 2.28. The second kappa shape index (κ2) is 7.39. The highest BCUT2D eigenvalue weighted by atomic mass is 16.3. The molecule has 1 aliphatic rings. The van der Waals surface area contributed by atoms with Gasteiger partial charge in [-0.2, -0.15) is 0 Å². The van der Waals surface area contributed by atoms with Gasteiger partial charge in [-0.3, -0.25) is 9.69 Å². The Morgan fingerprint density at radius 3 is 3.00 bits per heavy atom. The van der Waals surface area contributed by atoms with E-state index >= 15 is 0 Å². The number of furan rings is 1. The largest absolute Gasteiger partial charge is 0.459 e. The zero-order valence-electron chi connectivity index (χ0n) is 15.0. The van der Waals surface area contributed by atoms with E-state index in [0.717, 1.165) is 43.9 Å². The number of amides is 1. The molecular formula is C20H28N2O2. The van der Waals surface area contributed by atoms with Crippen LogP contribution in [-0.2, 0) is 11.3 Å². The summed E-state index contributed by atoms with van der Waals surface area (Å²) in [4.78, 5) is 13.5. The number of nitrogens with zero attached hydrogens (tertiary/aromatic N) is 1. The number of carbonyl (C=O) groups is 1. The van der Waals surface area contributed by atoms with Gasteiger partial charge in [-0.1, -0.05) is 11.6 Å². The molecule has 0 bridgehead atoms. The molecule has 4 nitrogen and oxygen atoms in total. The van der Waals surface area contributed by atoms with Crippen molar-refractivity contribution < 1.29 is 9.21 Å². The zero-order valence-corrected chi connectivity index (χ0v) is 15.0. The van der Waals surface area contributed by atoms with Gasteiger partial charge in [0.05, 0.1) is 6.54 Å². The van der Waals surface area contributed by atoms with Gasteiger partial charge in [0, 0.05) is 25.4 Å². The van der Waals surface area contributed by atoms with Gasteiger partial charge in [0.1, 0.15) is 11.3 Å². The van der Waals surface area contributed by atoms with Crippen molar-refractivity contribution in [1.82, 2.24) is 10.2 Å². The first-order valence-corrected chi connectivity index (χ1v) is 8.98. The minimum absolute atomic E-state index is 0.0656. The van der Waals surface area contributed by atoms with E-state index in [-0.39, 0.29) is 5.91 Å². The van der Waals surface area contributed by atoms with E-state index in [1.165, 1.54) is 29.4 Å². The van der Waals surface area contributed by atoms with Crippen molar-refractivity contribution in [3.8, 4) is 0 Å². The molecule has 1 saturated heterocycles. The molecule has 2 heterocycles. The molecule has 3 rings (SSSR count). The smallest absolute Gasteiger partial charge is 0.216 e. The van der Waals surface area contributed by atoms with Gasteiger partial charge in [-0.05, 0) is 63.3 Å². The van der Waals surface area contributed by atoms with Gasteiger partial charge < -0.3 is 9.73 Å². The first-order chi connectivity index (χ1) is 11.5. The van der Waals surface area contributed by atoms with Crippen molar-refractivity contribution in [3.63, 3.8) is 0 Å². The summed E-state index contributed by atoms with van der Waals surface area (Å²) in [7, 11) is 0. The van der Waals surface area contributed by atoms with Crippen LogP contribution in [0.25, 0.3) is 11.0 Å². The first-order valence-electron chi connectivity index (χ1n) is 8.98. The maximum atomic E-state index is 11.0. The molecule has 2 aromatic rings. The number of rotatable bonds is 5. The Labute approximate surface area is 144 Å². The van der Waals surface area contributed by atoms with Gasteiger partial charge in [-0.15, -0.1) is 0 Å². The molecule has 1 atom stereocenters. The molecule has 130 valence electrons. The van der Waals surface area contributed by atoms with Crippen LogP contribution in [0.5, 0.6) is 0 Å².